The van der Waals surface area contributed by atoms with E-state index in [2.05, 4.69) is 4.98 Å². The number of rotatable bonds is 3. The Kier molecular flexibility index (Phi) is 3.84. The minimum atomic E-state index is -0.743. The van der Waals surface area contributed by atoms with Gasteiger partial charge in [-0.3, -0.25) is 9.78 Å². The summed E-state index contributed by atoms with van der Waals surface area (Å²) in [6, 6.07) is 7.63. The summed E-state index contributed by atoms with van der Waals surface area (Å²) in [6.07, 6.45) is -0.743. The summed E-state index contributed by atoms with van der Waals surface area (Å²) in [4.78, 5) is 27.9. The van der Waals surface area contributed by atoms with Crippen LogP contribution in [-0.4, -0.2) is 22.8 Å². The molecule has 1 heterocycles. The van der Waals surface area contributed by atoms with Crippen molar-refractivity contribution >= 4 is 22.7 Å². The summed E-state index contributed by atoms with van der Waals surface area (Å²) < 4.78 is 5.18. The molecule has 0 aliphatic heterocycles. The van der Waals surface area contributed by atoms with Crippen molar-refractivity contribution in [3.63, 3.8) is 0 Å². The number of aryl methyl sites for hydroxylation is 2. The molecule has 0 aliphatic carbocycles. The molecule has 0 bridgehead atoms. The SMILES string of the molecule is CC(=O)[C@@H](C)OC(=O)c1c(C)nc2ccccc2c1C. The van der Waals surface area contributed by atoms with Crippen LogP contribution in [0.2, 0.25) is 0 Å². The summed E-state index contributed by atoms with van der Waals surface area (Å²) in [6.45, 7) is 6.61. The van der Waals surface area contributed by atoms with Crippen LogP contribution in [0.25, 0.3) is 10.9 Å². The van der Waals surface area contributed by atoms with Crippen LogP contribution in [-0.2, 0) is 9.53 Å². The number of para-hydroxylation sites is 1. The molecule has 0 saturated carbocycles. The smallest absolute Gasteiger partial charge is 0.340 e. The number of ketones is 1. The van der Waals surface area contributed by atoms with Gasteiger partial charge in [0.2, 0.25) is 0 Å². The monoisotopic (exact) mass is 271 g/mol. The molecule has 20 heavy (non-hydrogen) atoms. The van der Waals surface area contributed by atoms with Crippen LogP contribution in [0.1, 0.15) is 35.5 Å². The van der Waals surface area contributed by atoms with Gasteiger partial charge < -0.3 is 4.74 Å². The average molecular weight is 271 g/mol. The molecule has 1 aromatic carbocycles. The third-order valence-electron chi connectivity index (χ3n) is 3.39. The van der Waals surface area contributed by atoms with Gasteiger partial charge in [0.05, 0.1) is 16.8 Å². The van der Waals surface area contributed by atoms with Gasteiger partial charge in [0, 0.05) is 5.39 Å². The van der Waals surface area contributed by atoms with Crippen molar-refractivity contribution < 1.29 is 14.3 Å². The van der Waals surface area contributed by atoms with E-state index in [0.29, 0.717) is 11.3 Å². The Morgan fingerprint density at radius 3 is 2.50 bits per heavy atom. The number of pyridine rings is 1. The third-order valence-corrected chi connectivity index (χ3v) is 3.39. The maximum absolute atomic E-state index is 12.2. The van der Waals surface area contributed by atoms with Gasteiger partial charge in [-0.2, -0.15) is 0 Å². The number of carbonyl (C=O) groups is 2. The van der Waals surface area contributed by atoms with Crippen LogP contribution in [0.5, 0.6) is 0 Å². The fourth-order valence-corrected chi connectivity index (χ4v) is 2.13. The highest BCUT2D eigenvalue weighted by molar-refractivity contribution is 5.99. The highest BCUT2D eigenvalue weighted by atomic mass is 16.5. The first kappa shape index (κ1) is 14.2. The number of carbonyl (C=O) groups excluding carboxylic acids is 2. The molecule has 104 valence electrons. The molecular formula is C16H17NO3. The van der Waals surface area contributed by atoms with Gasteiger partial charge in [-0.1, -0.05) is 18.2 Å². The number of hydrogen-bond acceptors (Lipinski definition) is 4. The van der Waals surface area contributed by atoms with E-state index in [-0.39, 0.29) is 5.78 Å². The van der Waals surface area contributed by atoms with Crippen molar-refractivity contribution in [3.8, 4) is 0 Å². The predicted octanol–water partition coefficient (Wildman–Crippen LogP) is 2.99. The molecule has 0 fully saturated rings. The zero-order chi connectivity index (χ0) is 14.9. The molecule has 0 spiro atoms. The van der Waals surface area contributed by atoms with E-state index >= 15 is 0 Å². The zero-order valence-corrected chi connectivity index (χ0v) is 12.1. The summed E-state index contributed by atoms with van der Waals surface area (Å²) in [5.74, 6) is -0.677. The van der Waals surface area contributed by atoms with Crippen molar-refractivity contribution in [2.24, 2.45) is 0 Å². The van der Waals surface area contributed by atoms with Gasteiger partial charge in [0.1, 0.15) is 0 Å². The highest BCUT2D eigenvalue weighted by Crippen LogP contribution is 2.23. The number of esters is 1. The highest BCUT2D eigenvalue weighted by Gasteiger charge is 2.21. The minimum absolute atomic E-state index is 0.178. The summed E-state index contributed by atoms with van der Waals surface area (Å²) in [7, 11) is 0. The van der Waals surface area contributed by atoms with Gasteiger partial charge in [0.15, 0.2) is 11.9 Å². The van der Waals surface area contributed by atoms with Gasteiger partial charge >= 0.3 is 5.97 Å². The Bertz CT molecular complexity index is 691. The lowest BCUT2D eigenvalue weighted by atomic mass is 10.0. The van der Waals surface area contributed by atoms with Gasteiger partial charge in [-0.05, 0) is 39.3 Å². The Balaban J connectivity index is 2.49. The van der Waals surface area contributed by atoms with Gasteiger partial charge in [-0.25, -0.2) is 4.79 Å². The molecule has 0 aliphatic rings. The third kappa shape index (κ3) is 2.54. The Hall–Kier alpha value is -2.23. The molecule has 1 aromatic heterocycles. The van der Waals surface area contributed by atoms with Crippen molar-refractivity contribution in [1.29, 1.82) is 0 Å². The molecule has 2 aromatic rings. The van der Waals surface area contributed by atoms with E-state index in [4.69, 9.17) is 4.74 Å². The first-order chi connectivity index (χ1) is 9.41. The second-order valence-electron chi connectivity index (χ2n) is 4.87. The fraction of sp³-hybridized carbons (Fsp3) is 0.312. The van der Waals surface area contributed by atoms with E-state index in [9.17, 15) is 9.59 Å². The van der Waals surface area contributed by atoms with Crippen LogP contribution < -0.4 is 0 Å². The van der Waals surface area contributed by atoms with E-state index in [1.165, 1.54) is 6.92 Å². The van der Waals surface area contributed by atoms with E-state index < -0.39 is 12.1 Å². The molecule has 0 radical (unpaired) electrons. The number of benzene rings is 1. The summed E-state index contributed by atoms with van der Waals surface area (Å²) in [5.41, 5.74) is 2.73. The predicted molar refractivity (Wildman–Crippen MR) is 76.8 cm³/mol. The van der Waals surface area contributed by atoms with Crippen molar-refractivity contribution in [3.05, 3.63) is 41.1 Å². The van der Waals surface area contributed by atoms with E-state index in [1.807, 2.05) is 31.2 Å². The zero-order valence-electron chi connectivity index (χ0n) is 12.1. The molecule has 0 amide bonds. The van der Waals surface area contributed by atoms with Crippen molar-refractivity contribution in [2.75, 3.05) is 0 Å². The Morgan fingerprint density at radius 1 is 1.20 bits per heavy atom. The molecule has 0 unspecified atom stereocenters. The molecule has 0 saturated heterocycles. The lowest BCUT2D eigenvalue weighted by molar-refractivity contribution is -0.124. The Labute approximate surface area is 117 Å². The number of ether oxygens (including phenoxy) is 1. The maximum Gasteiger partial charge on any atom is 0.340 e. The Morgan fingerprint density at radius 2 is 1.85 bits per heavy atom. The molecule has 4 nitrogen and oxygen atoms in total. The largest absolute Gasteiger partial charge is 0.451 e. The lowest BCUT2D eigenvalue weighted by Crippen LogP contribution is -2.23. The molecule has 0 N–H and O–H groups in total. The fourth-order valence-electron chi connectivity index (χ4n) is 2.13. The number of hydrogen-bond donors (Lipinski definition) is 0. The normalized spacial score (nSPS) is 12.2. The van der Waals surface area contributed by atoms with Crippen LogP contribution >= 0.6 is 0 Å². The minimum Gasteiger partial charge on any atom is -0.451 e. The number of aromatic nitrogens is 1. The van der Waals surface area contributed by atoms with Crippen molar-refractivity contribution in [2.45, 2.75) is 33.8 Å². The van der Waals surface area contributed by atoms with Crippen LogP contribution in [0.15, 0.2) is 24.3 Å². The first-order valence-electron chi connectivity index (χ1n) is 6.49. The molecule has 2 rings (SSSR count). The quantitative estimate of drug-likeness (QED) is 0.805. The standard InChI is InChI=1S/C16H17NO3/c1-9-13-7-5-6-8-14(13)17-10(2)15(9)16(19)20-12(4)11(3)18/h5-8,12H,1-4H3/t12-/m1/s1. The first-order valence-corrected chi connectivity index (χ1v) is 6.49. The second kappa shape index (κ2) is 5.41. The van der Waals surface area contributed by atoms with Gasteiger partial charge in [-0.15, -0.1) is 0 Å². The molecule has 1 atom stereocenters. The number of Topliss-reactive ketones (excluding diaryl/α,β-unsaturated/α-hetero) is 1. The number of nitrogens with zero attached hydrogens (tertiary/aromatic N) is 1. The van der Waals surface area contributed by atoms with Gasteiger partial charge in [0.25, 0.3) is 0 Å². The summed E-state index contributed by atoms with van der Waals surface area (Å²) in [5, 5.41) is 0.917. The number of fused-ring (bicyclic) bond motifs is 1. The maximum atomic E-state index is 12.2. The summed E-state index contributed by atoms with van der Waals surface area (Å²) >= 11 is 0. The van der Waals surface area contributed by atoms with E-state index in [1.54, 1.807) is 13.8 Å². The average Bonchev–Trinajstić information content (AvgIpc) is 2.38. The van der Waals surface area contributed by atoms with E-state index in [0.717, 1.165) is 16.5 Å². The van der Waals surface area contributed by atoms with Crippen LogP contribution in [0.4, 0.5) is 0 Å². The molecular weight excluding hydrogens is 254 g/mol. The van der Waals surface area contributed by atoms with Crippen molar-refractivity contribution in [1.82, 2.24) is 4.98 Å². The van der Waals surface area contributed by atoms with Crippen LogP contribution in [0, 0.1) is 13.8 Å². The molecule has 4 heteroatoms. The lowest BCUT2D eigenvalue weighted by Gasteiger charge is -2.14. The second-order valence-corrected chi connectivity index (χ2v) is 4.87. The van der Waals surface area contributed by atoms with Crippen LogP contribution in [0.3, 0.4) is 0 Å². The topological polar surface area (TPSA) is 56.3 Å².